The van der Waals surface area contributed by atoms with Crippen LogP contribution in [0.1, 0.15) is 12.5 Å². The number of benzene rings is 2. The van der Waals surface area contributed by atoms with Crippen molar-refractivity contribution in [2.75, 3.05) is 6.54 Å². The van der Waals surface area contributed by atoms with Crippen molar-refractivity contribution >= 4 is 15.9 Å². The standard InChI is InChI=1S/C15H15BrFN/c1-2-18-10-13-4-3-12(9-15(13)17)11-5-7-14(16)8-6-11/h3-9,18H,2,10H2,1H3. The molecule has 2 rings (SSSR count). The van der Waals surface area contributed by atoms with Gasteiger partial charge in [0.25, 0.3) is 0 Å². The summed E-state index contributed by atoms with van der Waals surface area (Å²) in [6.45, 7) is 3.42. The van der Waals surface area contributed by atoms with Gasteiger partial charge >= 0.3 is 0 Å². The second-order valence-electron chi connectivity index (χ2n) is 4.09. The molecule has 1 nitrogen and oxygen atoms in total. The Bertz CT molecular complexity index is 523. The van der Waals surface area contributed by atoms with E-state index in [0.717, 1.165) is 22.1 Å². The fourth-order valence-corrected chi connectivity index (χ4v) is 2.04. The number of hydrogen-bond donors (Lipinski definition) is 1. The molecule has 0 aliphatic carbocycles. The molecule has 0 radical (unpaired) electrons. The number of hydrogen-bond acceptors (Lipinski definition) is 1. The molecule has 0 saturated carbocycles. The predicted molar refractivity (Wildman–Crippen MR) is 76.9 cm³/mol. The minimum atomic E-state index is -0.156. The van der Waals surface area contributed by atoms with E-state index in [0.29, 0.717) is 12.1 Å². The van der Waals surface area contributed by atoms with Crippen LogP contribution in [0.25, 0.3) is 11.1 Å². The van der Waals surface area contributed by atoms with Crippen LogP contribution in [0, 0.1) is 5.82 Å². The van der Waals surface area contributed by atoms with Crippen molar-refractivity contribution in [2.45, 2.75) is 13.5 Å². The van der Waals surface area contributed by atoms with E-state index >= 15 is 0 Å². The Balaban J connectivity index is 2.25. The highest BCUT2D eigenvalue weighted by Crippen LogP contribution is 2.23. The van der Waals surface area contributed by atoms with Gasteiger partial charge in [0.15, 0.2) is 0 Å². The Kier molecular flexibility index (Phi) is 4.50. The highest BCUT2D eigenvalue weighted by Gasteiger charge is 2.04. The van der Waals surface area contributed by atoms with Crippen molar-refractivity contribution in [3.63, 3.8) is 0 Å². The summed E-state index contributed by atoms with van der Waals surface area (Å²) in [7, 11) is 0. The van der Waals surface area contributed by atoms with Crippen LogP contribution in [-0.4, -0.2) is 6.54 Å². The molecular weight excluding hydrogens is 293 g/mol. The lowest BCUT2D eigenvalue weighted by atomic mass is 10.0. The minimum Gasteiger partial charge on any atom is -0.313 e. The van der Waals surface area contributed by atoms with Crippen LogP contribution in [0.5, 0.6) is 0 Å². The van der Waals surface area contributed by atoms with Crippen molar-refractivity contribution in [3.05, 3.63) is 58.3 Å². The monoisotopic (exact) mass is 307 g/mol. The molecule has 0 fully saturated rings. The van der Waals surface area contributed by atoms with E-state index in [1.54, 1.807) is 6.07 Å². The van der Waals surface area contributed by atoms with E-state index in [1.807, 2.05) is 43.3 Å². The average molecular weight is 308 g/mol. The van der Waals surface area contributed by atoms with Crippen LogP contribution in [-0.2, 0) is 6.54 Å². The van der Waals surface area contributed by atoms with E-state index in [-0.39, 0.29) is 5.82 Å². The third-order valence-electron chi connectivity index (χ3n) is 2.80. The van der Waals surface area contributed by atoms with Gasteiger partial charge in [0.05, 0.1) is 0 Å². The second kappa shape index (κ2) is 6.12. The Morgan fingerprint density at radius 3 is 2.33 bits per heavy atom. The zero-order chi connectivity index (χ0) is 13.0. The second-order valence-corrected chi connectivity index (χ2v) is 5.01. The Morgan fingerprint density at radius 1 is 1.06 bits per heavy atom. The molecule has 0 spiro atoms. The average Bonchev–Trinajstić information content (AvgIpc) is 2.38. The van der Waals surface area contributed by atoms with Crippen LogP contribution >= 0.6 is 15.9 Å². The maximum Gasteiger partial charge on any atom is 0.128 e. The molecular formula is C15H15BrFN. The van der Waals surface area contributed by atoms with Gasteiger partial charge in [-0.1, -0.05) is 47.1 Å². The van der Waals surface area contributed by atoms with Crippen LogP contribution in [0.15, 0.2) is 46.9 Å². The van der Waals surface area contributed by atoms with Gasteiger partial charge in [-0.3, -0.25) is 0 Å². The van der Waals surface area contributed by atoms with Crippen molar-refractivity contribution in [3.8, 4) is 11.1 Å². The molecule has 0 aliphatic rings. The molecule has 2 aromatic carbocycles. The fraction of sp³-hybridized carbons (Fsp3) is 0.200. The highest BCUT2D eigenvalue weighted by atomic mass is 79.9. The maximum atomic E-state index is 13.9. The van der Waals surface area contributed by atoms with Gasteiger partial charge in [0.2, 0.25) is 0 Å². The molecule has 0 atom stereocenters. The third-order valence-corrected chi connectivity index (χ3v) is 3.32. The summed E-state index contributed by atoms with van der Waals surface area (Å²) in [4.78, 5) is 0. The summed E-state index contributed by atoms with van der Waals surface area (Å²) in [6, 6.07) is 13.3. The van der Waals surface area contributed by atoms with Crippen LogP contribution in [0.3, 0.4) is 0 Å². The van der Waals surface area contributed by atoms with Crippen LogP contribution in [0.4, 0.5) is 4.39 Å². The van der Waals surface area contributed by atoms with Gasteiger partial charge in [-0.15, -0.1) is 0 Å². The predicted octanol–water partition coefficient (Wildman–Crippen LogP) is 4.36. The fourth-order valence-electron chi connectivity index (χ4n) is 1.77. The Morgan fingerprint density at radius 2 is 1.72 bits per heavy atom. The summed E-state index contributed by atoms with van der Waals surface area (Å²) in [5, 5.41) is 3.13. The highest BCUT2D eigenvalue weighted by molar-refractivity contribution is 9.10. The molecule has 2 aromatic rings. The zero-order valence-electron chi connectivity index (χ0n) is 10.2. The van der Waals surface area contributed by atoms with Gasteiger partial charge in [-0.25, -0.2) is 4.39 Å². The van der Waals surface area contributed by atoms with Crippen molar-refractivity contribution < 1.29 is 4.39 Å². The maximum absolute atomic E-state index is 13.9. The Hall–Kier alpha value is -1.19. The largest absolute Gasteiger partial charge is 0.313 e. The molecule has 0 unspecified atom stereocenters. The first kappa shape index (κ1) is 13.2. The normalized spacial score (nSPS) is 10.6. The molecule has 1 N–H and O–H groups in total. The van der Waals surface area contributed by atoms with E-state index in [2.05, 4.69) is 21.2 Å². The first-order valence-electron chi connectivity index (χ1n) is 5.96. The van der Waals surface area contributed by atoms with Crippen molar-refractivity contribution in [1.29, 1.82) is 0 Å². The quantitative estimate of drug-likeness (QED) is 0.884. The van der Waals surface area contributed by atoms with Crippen molar-refractivity contribution in [1.82, 2.24) is 5.32 Å². The SMILES string of the molecule is CCNCc1ccc(-c2ccc(Br)cc2)cc1F. The molecule has 0 saturated heterocycles. The summed E-state index contributed by atoms with van der Waals surface area (Å²) in [5.74, 6) is -0.156. The van der Waals surface area contributed by atoms with Crippen molar-refractivity contribution in [2.24, 2.45) is 0 Å². The first-order chi connectivity index (χ1) is 8.70. The van der Waals surface area contributed by atoms with Crippen LogP contribution < -0.4 is 5.32 Å². The van der Waals surface area contributed by atoms with Gasteiger partial charge in [0, 0.05) is 16.6 Å². The summed E-state index contributed by atoms with van der Waals surface area (Å²) < 4.78 is 14.9. The molecule has 0 bridgehead atoms. The summed E-state index contributed by atoms with van der Waals surface area (Å²) >= 11 is 3.39. The smallest absolute Gasteiger partial charge is 0.128 e. The lowest BCUT2D eigenvalue weighted by molar-refractivity contribution is 0.594. The molecule has 0 aliphatic heterocycles. The molecule has 0 heterocycles. The van der Waals surface area contributed by atoms with E-state index in [1.165, 1.54) is 0 Å². The minimum absolute atomic E-state index is 0.156. The molecule has 0 aromatic heterocycles. The lowest BCUT2D eigenvalue weighted by Gasteiger charge is -2.07. The summed E-state index contributed by atoms with van der Waals surface area (Å²) in [6.07, 6.45) is 0. The third kappa shape index (κ3) is 3.18. The van der Waals surface area contributed by atoms with Crippen LogP contribution in [0.2, 0.25) is 0 Å². The van der Waals surface area contributed by atoms with Gasteiger partial charge in [-0.2, -0.15) is 0 Å². The molecule has 0 amide bonds. The number of rotatable bonds is 4. The molecule has 94 valence electrons. The van der Waals surface area contributed by atoms with E-state index < -0.39 is 0 Å². The van der Waals surface area contributed by atoms with Gasteiger partial charge in [-0.05, 0) is 35.9 Å². The van der Waals surface area contributed by atoms with E-state index in [4.69, 9.17) is 0 Å². The number of nitrogens with one attached hydrogen (secondary N) is 1. The number of halogens is 2. The van der Waals surface area contributed by atoms with Gasteiger partial charge < -0.3 is 5.32 Å². The van der Waals surface area contributed by atoms with Gasteiger partial charge in [0.1, 0.15) is 5.82 Å². The summed E-state index contributed by atoms with van der Waals surface area (Å²) in [5.41, 5.74) is 2.63. The topological polar surface area (TPSA) is 12.0 Å². The zero-order valence-corrected chi connectivity index (χ0v) is 11.8. The Labute approximate surface area is 115 Å². The molecule has 3 heteroatoms. The lowest BCUT2D eigenvalue weighted by Crippen LogP contribution is -2.12. The molecule has 18 heavy (non-hydrogen) atoms. The van der Waals surface area contributed by atoms with E-state index in [9.17, 15) is 4.39 Å². The first-order valence-corrected chi connectivity index (χ1v) is 6.75.